The Morgan fingerprint density at radius 2 is 1.62 bits per heavy atom. The maximum atomic E-state index is 14.3. The predicted molar refractivity (Wildman–Crippen MR) is 145 cm³/mol. The zero-order valence-corrected chi connectivity index (χ0v) is 23.2. The number of phenolic OH excluding ortho intramolecular Hbond substituents is 1. The Kier molecular flexibility index (Phi) is 6.27. The van der Waals surface area contributed by atoms with E-state index >= 15 is 0 Å². The standard InChI is InChI=1S/C33H32O7/c1-17(2)24-27(36)22(18(3)34)29(38)33(40)30(39)25-28(37)23-21(15-31(25,4)16-32(24,33)5)14-13-20(26(23)35)12-11-19-9-7-6-8-10-19/h6-10,13-14,17,22,24-25,35,40H,15-16H2,1-5H3/t22?,24?,25?,31-,32-,33+/m1/s1. The summed E-state index contributed by atoms with van der Waals surface area (Å²) < 4.78 is 0. The van der Waals surface area contributed by atoms with Gasteiger partial charge < -0.3 is 10.2 Å². The molecule has 2 N–H and O–H groups in total. The summed E-state index contributed by atoms with van der Waals surface area (Å²) in [5, 5.41) is 23.2. The first-order valence-corrected chi connectivity index (χ1v) is 13.5. The molecule has 0 spiro atoms. The first-order chi connectivity index (χ1) is 18.7. The highest BCUT2D eigenvalue weighted by molar-refractivity contribution is 6.32. The van der Waals surface area contributed by atoms with Crippen LogP contribution in [0.1, 0.15) is 68.1 Å². The lowest BCUT2D eigenvalue weighted by Gasteiger charge is -2.61. The monoisotopic (exact) mass is 540 g/mol. The van der Waals surface area contributed by atoms with Crippen molar-refractivity contribution in [1.29, 1.82) is 0 Å². The summed E-state index contributed by atoms with van der Waals surface area (Å²) >= 11 is 0. The number of hydrogen-bond acceptors (Lipinski definition) is 7. The summed E-state index contributed by atoms with van der Waals surface area (Å²) in [5.41, 5.74) is -3.86. The van der Waals surface area contributed by atoms with E-state index in [1.807, 2.05) is 30.3 Å². The fraction of sp³-hybridized carbons (Fsp3) is 0.424. The summed E-state index contributed by atoms with van der Waals surface area (Å²) in [6.07, 6.45) is 0.235. The molecule has 2 fully saturated rings. The van der Waals surface area contributed by atoms with Crippen LogP contribution in [-0.4, -0.2) is 44.7 Å². The topological polar surface area (TPSA) is 126 Å². The van der Waals surface area contributed by atoms with Crippen LogP contribution in [-0.2, 0) is 25.6 Å². The van der Waals surface area contributed by atoms with E-state index in [9.17, 15) is 34.2 Å². The predicted octanol–water partition coefficient (Wildman–Crippen LogP) is 3.49. The molecule has 0 aromatic heterocycles. The van der Waals surface area contributed by atoms with E-state index in [0.717, 1.165) is 6.92 Å². The molecule has 40 heavy (non-hydrogen) atoms. The lowest BCUT2D eigenvalue weighted by molar-refractivity contribution is -0.205. The Hall–Kier alpha value is -3.89. The molecule has 0 bridgehead atoms. The second-order valence-electron chi connectivity index (χ2n) is 12.4. The minimum absolute atomic E-state index is 0.0271. The number of phenols is 1. The van der Waals surface area contributed by atoms with Gasteiger partial charge in [-0.25, -0.2) is 0 Å². The van der Waals surface area contributed by atoms with Gasteiger partial charge in [0.2, 0.25) is 0 Å². The van der Waals surface area contributed by atoms with Gasteiger partial charge in [-0.1, -0.05) is 63.8 Å². The number of hydrogen-bond donors (Lipinski definition) is 2. The maximum absolute atomic E-state index is 14.3. The van der Waals surface area contributed by atoms with Crippen LogP contribution in [0.3, 0.4) is 0 Å². The van der Waals surface area contributed by atoms with Gasteiger partial charge in [-0.05, 0) is 54.9 Å². The molecule has 0 amide bonds. The fourth-order valence-electron chi connectivity index (χ4n) is 7.89. The summed E-state index contributed by atoms with van der Waals surface area (Å²) in [7, 11) is 0. The van der Waals surface area contributed by atoms with Gasteiger partial charge in [-0.2, -0.15) is 0 Å². The average molecular weight is 541 g/mol. The van der Waals surface area contributed by atoms with Gasteiger partial charge >= 0.3 is 0 Å². The Morgan fingerprint density at radius 3 is 2.23 bits per heavy atom. The Bertz CT molecular complexity index is 1560. The van der Waals surface area contributed by atoms with Crippen LogP contribution >= 0.6 is 0 Å². The van der Waals surface area contributed by atoms with Gasteiger partial charge in [0.05, 0.1) is 17.0 Å². The lowest BCUT2D eigenvalue weighted by Crippen LogP contribution is -2.76. The Labute approximate surface area is 233 Å². The van der Waals surface area contributed by atoms with Crippen molar-refractivity contribution in [3.8, 4) is 17.6 Å². The molecular formula is C33H32O7. The normalized spacial score (nSPS) is 33.0. The van der Waals surface area contributed by atoms with E-state index in [-0.39, 0.29) is 35.6 Å². The molecule has 3 aliphatic rings. The number of aromatic hydroxyl groups is 1. The highest BCUT2D eigenvalue weighted by Gasteiger charge is 2.76. The number of ketones is 5. The van der Waals surface area contributed by atoms with E-state index in [0.29, 0.717) is 11.1 Å². The zero-order valence-electron chi connectivity index (χ0n) is 23.2. The number of aliphatic hydroxyl groups is 1. The van der Waals surface area contributed by atoms with Crippen molar-refractivity contribution in [1.82, 2.24) is 0 Å². The summed E-state index contributed by atoms with van der Waals surface area (Å²) in [6.45, 7) is 7.93. The number of carbonyl (C=O) groups is 5. The molecule has 6 atom stereocenters. The number of carbonyl (C=O) groups excluding carboxylic acids is 5. The first-order valence-electron chi connectivity index (χ1n) is 13.5. The zero-order chi connectivity index (χ0) is 29.4. The second-order valence-corrected chi connectivity index (χ2v) is 12.4. The largest absolute Gasteiger partial charge is 0.506 e. The molecule has 5 rings (SSSR count). The molecule has 2 saturated carbocycles. The van der Waals surface area contributed by atoms with Crippen LogP contribution in [0.5, 0.6) is 5.75 Å². The van der Waals surface area contributed by atoms with Crippen molar-refractivity contribution in [3.05, 3.63) is 64.7 Å². The Morgan fingerprint density at radius 1 is 0.975 bits per heavy atom. The third kappa shape index (κ3) is 3.59. The fourth-order valence-corrected chi connectivity index (χ4v) is 7.89. The van der Waals surface area contributed by atoms with E-state index in [4.69, 9.17) is 0 Å². The van der Waals surface area contributed by atoms with Crippen molar-refractivity contribution in [2.24, 2.45) is 34.5 Å². The second kappa shape index (κ2) is 9.07. The highest BCUT2D eigenvalue weighted by atomic mass is 16.3. The minimum Gasteiger partial charge on any atom is -0.506 e. The van der Waals surface area contributed by atoms with Crippen molar-refractivity contribution < 1.29 is 34.2 Å². The molecule has 206 valence electrons. The third-order valence-corrected chi connectivity index (χ3v) is 9.37. The van der Waals surface area contributed by atoms with Crippen LogP contribution in [0.2, 0.25) is 0 Å². The van der Waals surface area contributed by atoms with Crippen LogP contribution in [0.4, 0.5) is 0 Å². The number of benzene rings is 2. The van der Waals surface area contributed by atoms with Crippen LogP contribution < -0.4 is 0 Å². The van der Waals surface area contributed by atoms with Crippen LogP contribution in [0, 0.1) is 46.3 Å². The molecule has 7 nitrogen and oxygen atoms in total. The lowest BCUT2D eigenvalue weighted by atomic mass is 9.40. The highest BCUT2D eigenvalue weighted by Crippen LogP contribution is 2.63. The van der Waals surface area contributed by atoms with Gasteiger partial charge in [0, 0.05) is 16.9 Å². The van der Waals surface area contributed by atoms with Gasteiger partial charge in [0.1, 0.15) is 17.5 Å². The third-order valence-electron chi connectivity index (χ3n) is 9.37. The molecular weight excluding hydrogens is 508 g/mol. The minimum atomic E-state index is -2.70. The van der Waals surface area contributed by atoms with Crippen molar-refractivity contribution >= 4 is 28.9 Å². The number of rotatable bonds is 2. The van der Waals surface area contributed by atoms with Crippen molar-refractivity contribution in [2.75, 3.05) is 0 Å². The van der Waals surface area contributed by atoms with E-state index in [2.05, 4.69) is 11.8 Å². The summed E-state index contributed by atoms with van der Waals surface area (Å²) in [5.74, 6) is -3.25. The van der Waals surface area contributed by atoms with Crippen LogP contribution in [0.25, 0.3) is 0 Å². The molecule has 7 heteroatoms. The molecule has 3 unspecified atom stereocenters. The molecule has 3 aliphatic carbocycles. The summed E-state index contributed by atoms with van der Waals surface area (Å²) in [6, 6.07) is 12.5. The van der Waals surface area contributed by atoms with Gasteiger partial charge in [0.25, 0.3) is 0 Å². The molecule has 2 aromatic carbocycles. The van der Waals surface area contributed by atoms with Gasteiger partial charge in [-0.3, -0.25) is 24.0 Å². The smallest absolute Gasteiger partial charge is 0.190 e. The Balaban J connectivity index is 1.66. The van der Waals surface area contributed by atoms with E-state index in [1.165, 1.54) is 0 Å². The van der Waals surface area contributed by atoms with Crippen molar-refractivity contribution in [2.45, 2.75) is 53.1 Å². The van der Waals surface area contributed by atoms with E-state index < -0.39 is 63.1 Å². The maximum Gasteiger partial charge on any atom is 0.190 e. The van der Waals surface area contributed by atoms with Gasteiger partial charge in [-0.15, -0.1) is 0 Å². The first kappa shape index (κ1) is 27.7. The van der Waals surface area contributed by atoms with E-state index in [1.54, 1.807) is 39.8 Å². The molecule has 0 radical (unpaired) electrons. The SMILES string of the molecule is CC(=O)C1C(=O)C(C(C)C)[C@@]2(C)C[C@@]3(C)Cc4ccc(C#Cc5ccccc5)c(O)c4C(=O)C3C(=O)[C@@]2(O)C1=O. The molecule has 0 aliphatic heterocycles. The quantitative estimate of drug-likeness (QED) is 0.441. The number of Topliss-reactive ketones (excluding diaryl/α,β-unsaturated/α-hetero) is 5. The summed E-state index contributed by atoms with van der Waals surface area (Å²) in [4.78, 5) is 68.0. The average Bonchev–Trinajstić information content (AvgIpc) is 2.86. The molecule has 0 heterocycles. The molecule has 2 aromatic rings. The van der Waals surface area contributed by atoms with Crippen LogP contribution in [0.15, 0.2) is 42.5 Å². The van der Waals surface area contributed by atoms with Crippen molar-refractivity contribution in [3.63, 3.8) is 0 Å². The number of fused-ring (bicyclic) bond motifs is 3. The molecule has 0 saturated heterocycles. The van der Waals surface area contributed by atoms with Gasteiger partial charge in [0.15, 0.2) is 28.7 Å².